The molecule has 1 rings (SSSR count). The molecule has 0 fully saturated rings. The average molecular weight is 412 g/mol. The number of ether oxygens (including phenoxy) is 2. The molecule has 5 nitrogen and oxygen atoms in total. The lowest BCUT2D eigenvalue weighted by atomic mass is 10.0. The number of benzene rings is 1. The van der Waals surface area contributed by atoms with Crippen molar-refractivity contribution in [3.8, 4) is 5.75 Å². The van der Waals surface area contributed by atoms with Crippen LogP contribution in [0.5, 0.6) is 5.75 Å². The minimum Gasteiger partial charge on any atom is -0.511 e. The van der Waals surface area contributed by atoms with E-state index in [1.54, 1.807) is 13.8 Å². The van der Waals surface area contributed by atoms with Crippen LogP contribution in [-0.2, 0) is 16.0 Å². The summed E-state index contributed by atoms with van der Waals surface area (Å²) in [6.45, 7) is 4.43. The SMILES string of the molecule is CCOC(=O)C(C(=N)C(F)(F)F)=C(O)Cc1cc(OC(C)C)c(Cl)cc1F. The molecule has 0 aromatic heterocycles. The molecule has 0 amide bonds. The van der Waals surface area contributed by atoms with Crippen LogP contribution in [0, 0.1) is 11.2 Å². The van der Waals surface area contributed by atoms with E-state index in [9.17, 15) is 27.5 Å². The summed E-state index contributed by atoms with van der Waals surface area (Å²) in [5.41, 5.74) is -3.75. The van der Waals surface area contributed by atoms with E-state index >= 15 is 0 Å². The molecule has 0 aliphatic rings. The average Bonchev–Trinajstić information content (AvgIpc) is 2.51. The first-order valence-corrected chi connectivity index (χ1v) is 8.16. The summed E-state index contributed by atoms with van der Waals surface area (Å²) in [6.07, 6.45) is -6.33. The number of alkyl halides is 3. The second-order valence-corrected chi connectivity index (χ2v) is 6.04. The first-order valence-electron chi connectivity index (χ1n) is 7.78. The summed E-state index contributed by atoms with van der Waals surface area (Å²) < 4.78 is 62.5. The van der Waals surface area contributed by atoms with Crippen LogP contribution in [0.4, 0.5) is 17.6 Å². The summed E-state index contributed by atoms with van der Waals surface area (Å²) in [5.74, 6) is -3.57. The fourth-order valence-electron chi connectivity index (χ4n) is 2.03. The lowest BCUT2D eigenvalue weighted by Gasteiger charge is -2.15. The number of rotatable bonds is 7. The molecule has 0 saturated heterocycles. The number of halogens is 5. The van der Waals surface area contributed by atoms with Gasteiger partial charge in [-0.1, -0.05) is 11.6 Å². The molecule has 0 radical (unpaired) electrons. The third-order valence-electron chi connectivity index (χ3n) is 3.12. The van der Waals surface area contributed by atoms with Crippen LogP contribution in [0.25, 0.3) is 0 Å². The Morgan fingerprint density at radius 2 is 1.93 bits per heavy atom. The fraction of sp³-hybridized carbons (Fsp3) is 0.412. The van der Waals surface area contributed by atoms with Crippen LogP contribution in [0.15, 0.2) is 23.5 Å². The minimum atomic E-state index is -5.21. The molecule has 0 bridgehead atoms. The van der Waals surface area contributed by atoms with E-state index in [-0.39, 0.29) is 29.0 Å². The summed E-state index contributed by atoms with van der Waals surface area (Å²) in [4.78, 5) is 11.8. The topological polar surface area (TPSA) is 79.6 Å². The number of aliphatic hydroxyl groups is 1. The maximum atomic E-state index is 14.1. The second kappa shape index (κ2) is 9.07. The van der Waals surface area contributed by atoms with Gasteiger partial charge in [-0.2, -0.15) is 13.2 Å². The highest BCUT2D eigenvalue weighted by Gasteiger charge is 2.41. The van der Waals surface area contributed by atoms with Gasteiger partial charge in [-0.25, -0.2) is 9.18 Å². The zero-order valence-corrected chi connectivity index (χ0v) is 15.5. The second-order valence-electron chi connectivity index (χ2n) is 5.63. The number of carbonyl (C=O) groups excluding carboxylic acids is 1. The maximum absolute atomic E-state index is 14.1. The van der Waals surface area contributed by atoms with Crippen LogP contribution in [-0.4, -0.2) is 35.7 Å². The molecule has 10 heteroatoms. The van der Waals surface area contributed by atoms with E-state index in [4.69, 9.17) is 21.7 Å². The van der Waals surface area contributed by atoms with Crippen molar-refractivity contribution >= 4 is 23.3 Å². The first-order chi connectivity index (χ1) is 12.4. The Morgan fingerprint density at radius 1 is 1.33 bits per heavy atom. The van der Waals surface area contributed by atoms with Gasteiger partial charge in [0, 0.05) is 6.42 Å². The van der Waals surface area contributed by atoms with Crippen molar-refractivity contribution in [2.45, 2.75) is 39.5 Å². The van der Waals surface area contributed by atoms with Gasteiger partial charge in [0.1, 0.15) is 22.9 Å². The van der Waals surface area contributed by atoms with Gasteiger partial charge in [-0.15, -0.1) is 0 Å². The Balaban J connectivity index is 3.39. The molecule has 0 heterocycles. The van der Waals surface area contributed by atoms with E-state index in [2.05, 4.69) is 4.74 Å². The molecule has 27 heavy (non-hydrogen) atoms. The minimum absolute atomic E-state index is 0.0550. The Hall–Kier alpha value is -2.29. The zero-order chi connectivity index (χ0) is 20.9. The number of carbonyl (C=O) groups is 1. The highest BCUT2D eigenvalue weighted by atomic mass is 35.5. The number of hydrogen-bond donors (Lipinski definition) is 2. The van der Waals surface area contributed by atoms with Crippen LogP contribution < -0.4 is 4.74 Å². The summed E-state index contributed by atoms with van der Waals surface area (Å²) >= 11 is 5.85. The smallest absolute Gasteiger partial charge is 0.433 e. The van der Waals surface area contributed by atoms with Gasteiger partial charge >= 0.3 is 12.1 Å². The van der Waals surface area contributed by atoms with Crippen molar-refractivity contribution in [2.75, 3.05) is 6.61 Å². The number of hydrogen-bond acceptors (Lipinski definition) is 5. The van der Waals surface area contributed by atoms with Gasteiger partial charge in [0.15, 0.2) is 5.71 Å². The van der Waals surface area contributed by atoms with Crippen molar-refractivity contribution in [1.29, 1.82) is 5.41 Å². The van der Waals surface area contributed by atoms with Gasteiger partial charge < -0.3 is 14.6 Å². The van der Waals surface area contributed by atoms with Gasteiger partial charge in [0.05, 0.1) is 17.7 Å². The van der Waals surface area contributed by atoms with Crippen LogP contribution >= 0.6 is 11.6 Å². The molecule has 0 aliphatic heterocycles. The van der Waals surface area contributed by atoms with Gasteiger partial charge in [-0.3, -0.25) is 5.41 Å². The number of aliphatic hydroxyl groups excluding tert-OH is 1. The van der Waals surface area contributed by atoms with Gasteiger partial charge in [0.2, 0.25) is 0 Å². The Kier molecular flexibility index (Phi) is 7.65. The molecule has 0 saturated carbocycles. The van der Waals surface area contributed by atoms with Crippen LogP contribution in [0.3, 0.4) is 0 Å². The predicted molar refractivity (Wildman–Crippen MR) is 90.9 cm³/mol. The lowest BCUT2D eigenvalue weighted by molar-refractivity contribution is -0.138. The molecule has 0 unspecified atom stereocenters. The molecular formula is C17H18ClF4NO4. The predicted octanol–water partition coefficient (Wildman–Crippen LogP) is 4.77. The quantitative estimate of drug-likeness (QED) is 0.223. The van der Waals surface area contributed by atoms with Crippen molar-refractivity contribution in [3.63, 3.8) is 0 Å². The van der Waals surface area contributed by atoms with Gasteiger partial charge in [-0.05, 0) is 38.5 Å². The molecule has 1 aromatic carbocycles. The monoisotopic (exact) mass is 411 g/mol. The number of nitrogens with one attached hydrogen (secondary N) is 1. The van der Waals surface area contributed by atoms with E-state index in [1.807, 2.05) is 0 Å². The zero-order valence-electron chi connectivity index (χ0n) is 14.7. The fourth-order valence-corrected chi connectivity index (χ4v) is 2.22. The molecule has 150 valence electrons. The lowest BCUT2D eigenvalue weighted by Crippen LogP contribution is -2.30. The molecule has 0 aliphatic carbocycles. The molecule has 0 spiro atoms. The Bertz CT molecular complexity index is 760. The summed E-state index contributed by atoms with van der Waals surface area (Å²) in [6, 6.07) is 1.98. The van der Waals surface area contributed by atoms with Crippen LogP contribution in [0.2, 0.25) is 5.02 Å². The van der Waals surface area contributed by atoms with Gasteiger partial charge in [0.25, 0.3) is 0 Å². The highest BCUT2D eigenvalue weighted by Crippen LogP contribution is 2.31. The normalized spacial score (nSPS) is 12.6. The van der Waals surface area contributed by atoms with Crippen molar-refractivity contribution in [2.24, 2.45) is 0 Å². The molecule has 1 aromatic rings. The maximum Gasteiger partial charge on any atom is 0.433 e. The van der Waals surface area contributed by atoms with E-state index in [1.165, 1.54) is 6.92 Å². The van der Waals surface area contributed by atoms with Crippen molar-refractivity contribution in [1.82, 2.24) is 0 Å². The number of allylic oxidation sites excluding steroid dienone is 1. The Morgan fingerprint density at radius 3 is 2.41 bits per heavy atom. The largest absolute Gasteiger partial charge is 0.511 e. The van der Waals surface area contributed by atoms with E-state index in [0.717, 1.165) is 12.1 Å². The van der Waals surface area contributed by atoms with E-state index < -0.39 is 41.4 Å². The third-order valence-corrected chi connectivity index (χ3v) is 3.42. The Labute approximate surface area is 158 Å². The molecule has 0 atom stereocenters. The third kappa shape index (κ3) is 6.13. The van der Waals surface area contributed by atoms with Crippen LogP contribution in [0.1, 0.15) is 26.3 Å². The molecular weight excluding hydrogens is 394 g/mol. The standard InChI is InChI=1S/C17H18ClF4NO4/c1-4-26-16(25)14(15(23)17(20,21)22)12(24)5-9-6-13(27-8(2)3)10(18)7-11(9)19/h6-8,23-24H,4-5H2,1-3H3. The molecule has 2 N–H and O–H groups in total. The summed E-state index contributed by atoms with van der Waals surface area (Å²) in [5, 5.41) is 17.1. The van der Waals surface area contributed by atoms with E-state index in [0.29, 0.717) is 0 Å². The van der Waals surface area contributed by atoms with Crippen molar-refractivity contribution in [3.05, 3.63) is 39.9 Å². The van der Waals surface area contributed by atoms with Crippen molar-refractivity contribution < 1.29 is 36.9 Å². The first kappa shape index (κ1) is 22.8. The number of esters is 1. The summed E-state index contributed by atoms with van der Waals surface area (Å²) in [7, 11) is 0. The highest BCUT2D eigenvalue weighted by molar-refractivity contribution is 6.32.